The molecule has 1 heterocycles. The van der Waals surface area contributed by atoms with Crippen molar-refractivity contribution in [2.24, 2.45) is 11.7 Å². The van der Waals surface area contributed by atoms with Gasteiger partial charge >= 0.3 is 0 Å². The van der Waals surface area contributed by atoms with Crippen LogP contribution in [0.25, 0.3) is 0 Å². The van der Waals surface area contributed by atoms with Crippen LogP contribution in [-0.4, -0.2) is 41.3 Å². The normalized spacial score (nSPS) is 43.4. The molecule has 15 heavy (non-hydrogen) atoms. The third-order valence-corrected chi connectivity index (χ3v) is 4.14. The van der Waals surface area contributed by atoms with Gasteiger partial charge < -0.3 is 15.7 Å². The van der Waals surface area contributed by atoms with Gasteiger partial charge in [-0.2, -0.15) is 0 Å². The van der Waals surface area contributed by atoms with Crippen molar-refractivity contribution in [1.82, 2.24) is 4.90 Å². The molecule has 3 atom stereocenters. The SMILES string of the molecule is CC1CCCN(C2CCC(N)(CO)C2)C1. The van der Waals surface area contributed by atoms with Crippen molar-refractivity contribution in [1.29, 1.82) is 0 Å². The highest BCUT2D eigenvalue weighted by molar-refractivity contribution is 4.97. The maximum Gasteiger partial charge on any atom is 0.0611 e. The second-order valence-electron chi connectivity index (χ2n) is 5.66. The van der Waals surface area contributed by atoms with Gasteiger partial charge in [-0.05, 0) is 44.6 Å². The second-order valence-corrected chi connectivity index (χ2v) is 5.66. The van der Waals surface area contributed by atoms with Crippen molar-refractivity contribution in [2.75, 3.05) is 19.7 Å². The summed E-state index contributed by atoms with van der Waals surface area (Å²) < 4.78 is 0. The van der Waals surface area contributed by atoms with Gasteiger partial charge in [-0.25, -0.2) is 0 Å². The molecular weight excluding hydrogens is 188 g/mol. The second kappa shape index (κ2) is 4.40. The molecule has 0 aromatic heterocycles. The Morgan fingerprint density at radius 2 is 2.27 bits per heavy atom. The Kier molecular flexibility index (Phi) is 3.33. The molecule has 3 unspecified atom stereocenters. The molecule has 3 heteroatoms. The Morgan fingerprint density at radius 1 is 1.47 bits per heavy atom. The first-order valence-corrected chi connectivity index (χ1v) is 6.27. The number of rotatable bonds is 2. The van der Waals surface area contributed by atoms with Crippen LogP contribution in [0.5, 0.6) is 0 Å². The monoisotopic (exact) mass is 212 g/mol. The first-order chi connectivity index (χ1) is 7.13. The van der Waals surface area contributed by atoms with Crippen LogP contribution in [0.3, 0.4) is 0 Å². The van der Waals surface area contributed by atoms with Crippen LogP contribution in [0, 0.1) is 5.92 Å². The van der Waals surface area contributed by atoms with Crippen LogP contribution < -0.4 is 5.73 Å². The summed E-state index contributed by atoms with van der Waals surface area (Å²) in [4.78, 5) is 2.60. The van der Waals surface area contributed by atoms with E-state index in [0.29, 0.717) is 6.04 Å². The van der Waals surface area contributed by atoms with Crippen LogP contribution >= 0.6 is 0 Å². The van der Waals surface area contributed by atoms with E-state index in [-0.39, 0.29) is 12.1 Å². The molecular formula is C12H24N2O. The Balaban J connectivity index is 1.90. The van der Waals surface area contributed by atoms with Gasteiger partial charge in [0.25, 0.3) is 0 Å². The third kappa shape index (κ3) is 2.52. The lowest BCUT2D eigenvalue weighted by molar-refractivity contribution is 0.120. The number of nitrogens with two attached hydrogens (primary N) is 1. The number of likely N-dealkylation sites (tertiary alicyclic amines) is 1. The lowest BCUT2D eigenvalue weighted by Gasteiger charge is -2.36. The molecule has 2 fully saturated rings. The number of aliphatic hydroxyl groups excluding tert-OH is 1. The maximum atomic E-state index is 9.25. The summed E-state index contributed by atoms with van der Waals surface area (Å²) in [6.45, 7) is 4.94. The van der Waals surface area contributed by atoms with E-state index in [4.69, 9.17) is 5.73 Å². The molecule has 0 aromatic rings. The number of nitrogens with zero attached hydrogens (tertiary/aromatic N) is 1. The van der Waals surface area contributed by atoms with E-state index in [2.05, 4.69) is 11.8 Å². The minimum Gasteiger partial charge on any atom is -0.394 e. The summed E-state index contributed by atoms with van der Waals surface area (Å²) in [5.74, 6) is 0.834. The van der Waals surface area contributed by atoms with Gasteiger partial charge in [0.2, 0.25) is 0 Å². The zero-order valence-corrected chi connectivity index (χ0v) is 9.78. The van der Waals surface area contributed by atoms with E-state index in [0.717, 1.165) is 18.8 Å². The fraction of sp³-hybridized carbons (Fsp3) is 1.00. The molecule has 1 aliphatic heterocycles. The summed E-state index contributed by atoms with van der Waals surface area (Å²) in [6, 6.07) is 0.630. The fourth-order valence-corrected chi connectivity index (χ4v) is 3.14. The zero-order chi connectivity index (χ0) is 10.9. The van der Waals surface area contributed by atoms with Gasteiger partial charge in [0.15, 0.2) is 0 Å². The molecule has 2 aliphatic rings. The van der Waals surface area contributed by atoms with Crippen molar-refractivity contribution < 1.29 is 5.11 Å². The van der Waals surface area contributed by atoms with Crippen LogP contribution in [0.4, 0.5) is 0 Å². The van der Waals surface area contributed by atoms with Gasteiger partial charge in [-0.3, -0.25) is 0 Å². The van der Waals surface area contributed by atoms with E-state index in [1.807, 2.05) is 0 Å². The highest BCUT2D eigenvalue weighted by Crippen LogP contribution is 2.32. The van der Waals surface area contributed by atoms with Crippen LogP contribution in [0.2, 0.25) is 0 Å². The van der Waals surface area contributed by atoms with Crippen LogP contribution in [0.15, 0.2) is 0 Å². The highest BCUT2D eigenvalue weighted by atomic mass is 16.3. The Hall–Kier alpha value is -0.120. The quantitative estimate of drug-likeness (QED) is 0.717. The average molecular weight is 212 g/mol. The standard InChI is InChI=1S/C12H24N2O/c1-10-3-2-6-14(8-10)11-4-5-12(13,7-11)9-15/h10-11,15H,2-9,13H2,1H3. The first-order valence-electron chi connectivity index (χ1n) is 6.27. The minimum atomic E-state index is -0.286. The summed E-state index contributed by atoms with van der Waals surface area (Å²) >= 11 is 0. The van der Waals surface area contributed by atoms with Gasteiger partial charge in [0, 0.05) is 18.1 Å². The molecule has 3 N–H and O–H groups in total. The third-order valence-electron chi connectivity index (χ3n) is 4.14. The summed E-state index contributed by atoms with van der Waals surface area (Å²) in [7, 11) is 0. The average Bonchev–Trinajstić information content (AvgIpc) is 2.62. The lowest BCUT2D eigenvalue weighted by Crippen LogP contribution is -2.45. The van der Waals surface area contributed by atoms with Gasteiger partial charge in [-0.15, -0.1) is 0 Å². The van der Waals surface area contributed by atoms with E-state index < -0.39 is 0 Å². The molecule has 0 amide bonds. The molecule has 2 rings (SSSR count). The smallest absolute Gasteiger partial charge is 0.0611 e. The zero-order valence-electron chi connectivity index (χ0n) is 9.78. The van der Waals surface area contributed by atoms with Crippen LogP contribution in [0.1, 0.15) is 39.0 Å². The molecule has 0 aromatic carbocycles. The Bertz CT molecular complexity index is 222. The van der Waals surface area contributed by atoms with Crippen molar-refractivity contribution in [3.8, 4) is 0 Å². The summed E-state index contributed by atoms with van der Waals surface area (Å²) in [5.41, 5.74) is 5.83. The molecule has 1 saturated carbocycles. The summed E-state index contributed by atoms with van der Waals surface area (Å²) in [6.07, 6.45) is 5.84. The van der Waals surface area contributed by atoms with E-state index in [1.54, 1.807) is 0 Å². The number of aliphatic hydroxyl groups is 1. The number of piperidine rings is 1. The predicted molar refractivity (Wildman–Crippen MR) is 61.6 cm³/mol. The molecule has 88 valence electrons. The lowest BCUT2D eigenvalue weighted by atomic mass is 9.96. The molecule has 3 nitrogen and oxygen atoms in total. The minimum absolute atomic E-state index is 0.146. The molecule has 0 bridgehead atoms. The van der Waals surface area contributed by atoms with Gasteiger partial charge in [0.05, 0.1) is 6.61 Å². The molecule has 0 radical (unpaired) electrons. The van der Waals surface area contributed by atoms with E-state index in [9.17, 15) is 5.11 Å². The van der Waals surface area contributed by atoms with Crippen molar-refractivity contribution in [3.63, 3.8) is 0 Å². The van der Waals surface area contributed by atoms with Gasteiger partial charge in [0.1, 0.15) is 0 Å². The Labute approximate surface area is 92.6 Å². The van der Waals surface area contributed by atoms with Crippen molar-refractivity contribution in [3.05, 3.63) is 0 Å². The molecule has 0 spiro atoms. The molecule has 1 aliphatic carbocycles. The van der Waals surface area contributed by atoms with E-state index in [1.165, 1.54) is 32.4 Å². The topological polar surface area (TPSA) is 49.5 Å². The Morgan fingerprint density at radius 3 is 2.87 bits per heavy atom. The van der Waals surface area contributed by atoms with E-state index >= 15 is 0 Å². The van der Waals surface area contributed by atoms with Crippen LogP contribution in [-0.2, 0) is 0 Å². The first kappa shape index (κ1) is 11.4. The van der Waals surface area contributed by atoms with Crippen molar-refractivity contribution in [2.45, 2.75) is 50.6 Å². The summed E-state index contributed by atoms with van der Waals surface area (Å²) in [5, 5.41) is 9.25. The predicted octanol–water partition coefficient (Wildman–Crippen LogP) is 0.961. The fourth-order valence-electron chi connectivity index (χ4n) is 3.14. The van der Waals surface area contributed by atoms with Crippen molar-refractivity contribution >= 4 is 0 Å². The number of hydrogen-bond acceptors (Lipinski definition) is 3. The molecule has 1 saturated heterocycles. The largest absolute Gasteiger partial charge is 0.394 e. The van der Waals surface area contributed by atoms with Gasteiger partial charge in [-0.1, -0.05) is 6.92 Å². The maximum absolute atomic E-state index is 9.25. The number of hydrogen-bond donors (Lipinski definition) is 2. The highest BCUT2D eigenvalue weighted by Gasteiger charge is 2.38.